The van der Waals surface area contributed by atoms with Crippen molar-refractivity contribution >= 4 is 21.9 Å². The average molecular weight is 1110 g/mol. The third-order valence-corrected chi connectivity index (χ3v) is 16.3. The SMILES string of the molecule is CCCCCCCCCCCCCCCCOc1cc2oc3cc(OCCCCCCCCCCCCCCCC)c(O[C@@H]4O[C@H](CO)[C@@H](O)[C@H](O)[C@H]4O)c(O)c3c(=O)c2cc1OCCCCCCCCCCCCCCCC. The minimum atomic E-state index is -1.76. The number of aromatic hydroxyl groups is 1. The van der Waals surface area contributed by atoms with Crippen molar-refractivity contribution in [2.75, 3.05) is 26.4 Å². The first-order valence-corrected chi connectivity index (χ1v) is 32.9. The first-order chi connectivity index (χ1) is 38.7. The molecule has 1 aliphatic rings. The summed E-state index contributed by atoms with van der Waals surface area (Å²) in [6.45, 7) is 7.35. The Balaban J connectivity index is 1.44. The fourth-order valence-corrected chi connectivity index (χ4v) is 11.1. The van der Waals surface area contributed by atoms with Crippen LogP contribution >= 0.6 is 0 Å². The van der Waals surface area contributed by atoms with Gasteiger partial charge in [-0.1, -0.05) is 271 Å². The number of fused-ring (bicyclic) bond motifs is 2. The van der Waals surface area contributed by atoms with Crippen LogP contribution in [0.25, 0.3) is 21.9 Å². The van der Waals surface area contributed by atoms with Crippen molar-refractivity contribution in [1.29, 1.82) is 0 Å². The third-order valence-electron chi connectivity index (χ3n) is 16.3. The summed E-state index contributed by atoms with van der Waals surface area (Å²) in [7, 11) is 0. The molecule has 0 spiro atoms. The standard InChI is InChI=1S/C67H114O12/c1-4-7-10-13-16-19-22-25-28-31-34-37-40-43-46-74-55-49-53-54(50-56(55)75-47-44-41-38-35-32-29-26-23-20-17-14-11-8-5-2)77-57-51-58(76-48-45-42-39-36-33-30-27-24-21-18-15-12-9-6-3)66(63(71)60(57)61(53)69)79-67-65(73)64(72)62(70)59(52-68)78-67/h49-51,59,62,64-65,67-68,70-73H,4-48,52H2,1-3H3/t59-,62-,64+,65-,67+/m1/s1. The van der Waals surface area contributed by atoms with Crippen LogP contribution in [0.1, 0.15) is 290 Å². The molecule has 1 saturated heterocycles. The molecular weight excluding hydrogens is 997 g/mol. The van der Waals surface area contributed by atoms with Gasteiger partial charge in [0.1, 0.15) is 41.0 Å². The molecule has 79 heavy (non-hydrogen) atoms. The predicted octanol–water partition coefficient (Wildman–Crippen LogP) is 17.4. The van der Waals surface area contributed by atoms with Crippen molar-refractivity contribution in [3.8, 4) is 28.7 Å². The zero-order valence-corrected chi connectivity index (χ0v) is 50.2. The van der Waals surface area contributed by atoms with E-state index < -0.39 is 48.5 Å². The topological polar surface area (TPSA) is 178 Å². The van der Waals surface area contributed by atoms with Crippen LogP contribution in [0.4, 0.5) is 0 Å². The largest absolute Gasteiger partial charge is 0.504 e. The van der Waals surface area contributed by atoms with Gasteiger partial charge in [0, 0.05) is 12.1 Å². The van der Waals surface area contributed by atoms with E-state index in [4.69, 9.17) is 28.1 Å². The summed E-state index contributed by atoms with van der Waals surface area (Å²) in [6, 6.07) is 4.85. The number of benzene rings is 2. The molecule has 0 saturated carbocycles. The highest BCUT2D eigenvalue weighted by molar-refractivity contribution is 5.96. The van der Waals surface area contributed by atoms with Gasteiger partial charge in [-0.2, -0.15) is 0 Å². The van der Waals surface area contributed by atoms with Gasteiger partial charge in [0.2, 0.25) is 17.5 Å². The molecule has 0 aliphatic carbocycles. The third kappa shape index (κ3) is 26.7. The minimum Gasteiger partial charge on any atom is -0.504 e. The van der Waals surface area contributed by atoms with Crippen LogP contribution in [0.5, 0.6) is 28.7 Å². The van der Waals surface area contributed by atoms with E-state index in [1.165, 1.54) is 212 Å². The van der Waals surface area contributed by atoms with Crippen molar-refractivity contribution < 1.29 is 53.6 Å². The predicted molar refractivity (Wildman–Crippen MR) is 323 cm³/mol. The van der Waals surface area contributed by atoms with Crippen molar-refractivity contribution in [2.45, 2.75) is 321 Å². The number of aliphatic hydroxyl groups is 4. The van der Waals surface area contributed by atoms with Crippen LogP contribution in [0.3, 0.4) is 0 Å². The fourth-order valence-electron chi connectivity index (χ4n) is 11.1. The number of hydrogen-bond acceptors (Lipinski definition) is 12. The Labute approximate surface area is 478 Å². The molecule has 0 amide bonds. The highest BCUT2D eigenvalue weighted by Gasteiger charge is 2.45. The van der Waals surface area contributed by atoms with E-state index in [0.717, 1.165) is 64.2 Å². The Morgan fingerprint density at radius 2 is 0.747 bits per heavy atom. The first-order valence-electron chi connectivity index (χ1n) is 32.9. The van der Waals surface area contributed by atoms with Crippen molar-refractivity contribution in [1.82, 2.24) is 0 Å². The average Bonchev–Trinajstić information content (AvgIpc) is 3.62. The molecule has 12 nitrogen and oxygen atoms in total. The monoisotopic (exact) mass is 1110 g/mol. The highest BCUT2D eigenvalue weighted by atomic mass is 16.7. The van der Waals surface area contributed by atoms with Gasteiger partial charge in [0.05, 0.1) is 31.8 Å². The molecule has 3 aromatic rings. The second-order valence-electron chi connectivity index (χ2n) is 23.3. The molecule has 5 N–H and O–H groups in total. The molecule has 2 aromatic carbocycles. The van der Waals surface area contributed by atoms with Crippen molar-refractivity contribution in [3.63, 3.8) is 0 Å². The minimum absolute atomic E-state index is 0.0431. The Morgan fingerprint density at radius 1 is 0.418 bits per heavy atom. The Bertz CT molecular complexity index is 2040. The Morgan fingerprint density at radius 3 is 1.11 bits per heavy atom. The molecular formula is C67H114O12. The van der Waals surface area contributed by atoms with Gasteiger partial charge in [-0.05, 0) is 25.3 Å². The summed E-state index contributed by atoms with van der Waals surface area (Å²) in [5.41, 5.74) is -0.218. The summed E-state index contributed by atoms with van der Waals surface area (Å²) in [6.07, 6.45) is 44.3. The molecule has 0 bridgehead atoms. The first kappa shape index (κ1) is 68.2. The number of phenolic OH excluding ortho intramolecular Hbond substituents is 1. The number of ether oxygens (including phenoxy) is 5. The van der Waals surface area contributed by atoms with E-state index in [1.807, 2.05) is 0 Å². The molecule has 1 aromatic heterocycles. The maximum Gasteiger partial charge on any atom is 0.229 e. The molecule has 1 fully saturated rings. The molecule has 5 atom stereocenters. The summed E-state index contributed by atoms with van der Waals surface area (Å²) in [5, 5.41) is 54.0. The quantitative estimate of drug-likeness (QED) is 0.0267. The van der Waals surface area contributed by atoms with E-state index >= 15 is 0 Å². The maximum absolute atomic E-state index is 14.6. The van der Waals surface area contributed by atoms with Crippen molar-refractivity contribution in [2.24, 2.45) is 0 Å². The van der Waals surface area contributed by atoms with Gasteiger partial charge in [-0.3, -0.25) is 4.79 Å². The lowest BCUT2D eigenvalue weighted by molar-refractivity contribution is -0.277. The van der Waals surface area contributed by atoms with Gasteiger partial charge in [0.15, 0.2) is 23.0 Å². The summed E-state index contributed by atoms with van der Waals surface area (Å²) < 4.78 is 37.3. The fraction of sp³-hybridized carbons (Fsp3) is 0.806. The Hall–Kier alpha value is -3.29. The molecule has 12 heteroatoms. The lowest BCUT2D eigenvalue weighted by atomic mass is 9.99. The van der Waals surface area contributed by atoms with Crippen LogP contribution in [0.2, 0.25) is 0 Å². The van der Waals surface area contributed by atoms with Crippen LogP contribution < -0.4 is 24.4 Å². The second-order valence-corrected chi connectivity index (χ2v) is 23.3. The van der Waals surface area contributed by atoms with Gasteiger partial charge in [0.25, 0.3) is 0 Å². The van der Waals surface area contributed by atoms with E-state index in [-0.39, 0.29) is 40.0 Å². The molecule has 454 valence electrons. The smallest absolute Gasteiger partial charge is 0.229 e. The normalized spacial score (nSPS) is 17.5. The highest BCUT2D eigenvalue weighted by Crippen LogP contribution is 2.45. The summed E-state index contributed by atoms with van der Waals surface area (Å²) in [4.78, 5) is 14.6. The summed E-state index contributed by atoms with van der Waals surface area (Å²) in [5.74, 6) is 0.0857. The molecule has 0 radical (unpaired) electrons. The number of phenols is 1. The van der Waals surface area contributed by atoms with E-state index in [2.05, 4.69) is 20.8 Å². The van der Waals surface area contributed by atoms with Crippen LogP contribution in [0, 0.1) is 0 Å². The zero-order chi connectivity index (χ0) is 56.6. The number of hydrogen-bond donors (Lipinski definition) is 5. The van der Waals surface area contributed by atoms with Gasteiger partial charge >= 0.3 is 0 Å². The Kier molecular flexibility index (Phi) is 37.5. The molecule has 0 unspecified atom stereocenters. The zero-order valence-electron chi connectivity index (χ0n) is 50.2. The molecule has 1 aliphatic heterocycles. The lowest BCUT2D eigenvalue weighted by Gasteiger charge is -2.39. The van der Waals surface area contributed by atoms with E-state index in [0.29, 0.717) is 24.7 Å². The van der Waals surface area contributed by atoms with Crippen LogP contribution in [-0.4, -0.2) is 82.7 Å². The number of unbranched alkanes of at least 4 members (excludes halogenated alkanes) is 39. The van der Waals surface area contributed by atoms with Crippen LogP contribution in [0.15, 0.2) is 27.4 Å². The summed E-state index contributed by atoms with van der Waals surface area (Å²) >= 11 is 0. The van der Waals surface area contributed by atoms with Crippen molar-refractivity contribution in [3.05, 3.63) is 28.4 Å². The van der Waals surface area contributed by atoms with E-state index in [1.54, 1.807) is 12.1 Å². The van der Waals surface area contributed by atoms with Gasteiger partial charge in [-0.25, -0.2) is 0 Å². The van der Waals surface area contributed by atoms with Gasteiger partial charge < -0.3 is 53.6 Å². The second kappa shape index (κ2) is 43.4. The van der Waals surface area contributed by atoms with Crippen LogP contribution in [-0.2, 0) is 4.74 Å². The maximum atomic E-state index is 14.6. The number of rotatable bonds is 51. The van der Waals surface area contributed by atoms with Gasteiger partial charge in [-0.15, -0.1) is 0 Å². The number of aliphatic hydroxyl groups excluding tert-OH is 4. The van der Waals surface area contributed by atoms with E-state index in [9.17, 15) is 30.3 Å². The lowest BCUT2D eigenvalue weighted by Crippen LogP contribution is -2.60. The molecule has 2 heterocycles. The molecule has 4 rings (SSSR count).